The summed E-state index contributed by atoms with van der Waals surface area (Å²) in [6.45, 7) is 6.95. The smallest absolute Gasteiger partial charge is 0.0678 e. The second kappa shape index (κ2) is 5.44. The van der Waals surface area contributed by atoms with E-state index in [9.17, 15) is 0 Å². The molecule has 1 fully saturated rings. The molecule has 17 heavy (non-hydrogen) atoms. The average molecular weight is 236 g/mol. The second-order valence-corrected chi connectivity index (χ2v) is 4.63. The predicted octanol–water partition coefficient (Wildman–Crippen LogP) is 0.976. The van der Waals surface area contributed by atoms with Gasteiger partial charge in [0.1, 0.15) is 0 Å². The lowest BCUT2D eigenvalue weighted by Gasteiger charge is -2.35. The van der Waals surface area contributed by atoms with Gasteiger partial charge in [0.15, 0.2) is 0 Å². The van der Waals surface area contributed by atoms with Gasteiger partial charge in [0.2, 0.25) is 0 Å². The van der Waals surface area contributed by atoms with Crippen LogP contribution in [0.1, 0.15) is 19.5 Å². The maximum atomic E-state index is 5.70. The van der Waals surface area contributed by atoms with Gasteiger partial charge in [-0.25, -0.2) is 0 Å². The number of hydrogen-bond donors (Lipinski definition) is 2. The number of anilines is 1. The van der Waals surface area contributed by atoms with Gasteiger partial charge < -0.3 is 10.2 Å². The highest BCUT2D eigenvalue weighted by molar-refractivity contribution is 5.41. The third-order valence-corrected chi connectivity index (χ3v) is 2.86. The first-order valence-corrected chi connectivity index (χ1v) is 5.96. The molecular formula is C12H20N4O. The minimum atomic E-state index is 0.287. The van der Waals surface area contributed by atoms with E-state index in [0.717, 1.165) is 31.0 Å². The molecule has 5 heteroatoms. The van der Waals surface area contributed by atoms with E-state index in [2.05, 4.69) is 29.2 Å². The van der Waals surface area contributed by atoms with Gasteiger partial charge in [-0.3, -0.25) is 15.7 Å². The molecular weight excluding hydrogens is 216 g/mol. The molecule has 0 aliphatic carbocycles. The monoisotopic (exact) mass is 236 g/mol. The molecule has 0 amide bonds. The van der Waals surface area contributed by atoms with Crippen LogP contribution in [0.4, 0.5) is 5.69 Å². The maximum Gasteiger partial charge on any atom is 0.0678 e. The first-order chi connectivity index (χ1) is 8.17. The number of hydrazine groups is 1. The summed E-state index contributed by atoms with van der Waals surface area (Å²) in [5.41, 5.74) is 4.56. The largest absolute Gasteiger partial charge is 0.373 e. The average Bonchev–Trinajstić information content (AvgIpc) is 2.28. The number of aromatic nitrogens is 1. The van der Waals surface area contributed by atoms with E-state index >= 15 is 0 Å². The zero-order valence-electron chi connectivity index (χ0n) is 10.4. The van der Waals surface area contributed by atoms with Crippen molar-refractivity contribution in [3.63, 3.8) is 0 Å². The van der Waals surface area contributed by atoms with Crippen molar-refractivity contribution in [1.82, 2.24) is 9.88 Å². The number of hydrogen-bond acceptors (Lipinski definition) is 5. The highest BCUT2D eigenvalue weighted by Gasteiger charge is 2.22. The van der Waals surface area contributed by atoms with Crippen LogP contribution in [0, 0.1) is 0 Å². The number of nitrogen functional groups attached to an aromatic ring is 1. The zero-order chi connectivity index (χ0) is 12.3. The third-order valence-electron chi connectivity index (χ3n) is 2.86. The fourth-order valence-electron chi connectivity index (χ4n) is 2.30. The second-order valence-electron chi connectivity index (χ2n) is 4.63. The van der Waals surface area contributed by atoms with Crippen molar-refractivity contribution in [1.29, 1.82) is 0 Å². The molecule has 3 N–H and O–H groups in total. The summed E-state index contributed by atoms with van der Waals surface area (Å²) >= 11 is 0. The molecule has 5 nitrogen and oxygen atoms in total. The van der Waals surface area contributed by atoms with Gasteiger partial charge in [-0.15, -0.1) is 0 Å². The molecule has 2 atom stereocenters. The summed E-state index contributed by atoms with van der Waals surface area (Å²) in [7, 11) is 0. The van der Waals surface area contributed by atoms with Crippen molar-refractivity contribution in [3.05, 3.63) is 24.0 Å². The number of morpholine rings is 1. The van der Waals surface area contributed by atoms with E-state index in [-0.39, 0.29) is 12.2 Å². The van der Waals surface area contributed by atoms with Crippen molar-refractivity contribution in [2.75, 3.05) is 18.5 Å². The maximum absolute atomic E-state index is 5.70. The van der Waals surface area contributed by atoms with Crippen LogP contribution < -0.4 is 11.3 Å². The van der Waals surface area contributed by atoms with Crippen molar-refractivity contribution >= 4 is 5.69 Å². The van der Waals surface area contributed by atoms with Crippen LogP contribution in [-0.4, -0.2) is 35.2 Å². The molecule has 1 aliphatic heterocycles. The van der Waals surface area contributed by atoms with Crippen LogP contribution in [0.15, 0.2) is 18.3 Å². The lowest BCUT2D eigenvalue weighted by Crippen LogP contribution is -2.44. The Kier molecular flexibility index (Phi) is 3.93. The van der Waals surface area contributed by atoms with Crippen LogP contribution in [0.3, 0.4) is 0 Å². The van der Waals surface area contributed by atoms with Crippen LogP contribution >= 0.6 is 0 Å². The Labute approximate surface area is 102 Å². The van der Waals surface area contributed by atoms with Crippen LogP contribution in [0.25, 0.3) is 0 Å². The third kappa shape index (κ3) is 3.39. The van der Waals surface area contributed by atoms with Gasteiger partial charge in [-0.2, -0.15) is 0 Å². The van der Waals surface area contributed by atoms with Gasteiger partial charge in [-0.1, -0.05) is 0 Å². The number of rotatable bonds is 3. The van der Waals surface area contributed by atoms with E-state index in [1.165, 1.54) is 0 Å². The van der Waals surface area contributed by atoms with Gasteiger partial charge in [-0.05, 0) is 26.0 Å². The van der Waals surface area contributed by atoms with Crippen molar-refractivity contribution in [2.45, 2.75) is 32.6 Å². The molecule has 1 aromatic rings. The van der Waals surface area contributed by atoms with Crippen molar-refractivity contribution < 1.29 is 4.74 Å². The number of pyridine rings is 1. The van der Waals surface area contributed by atoms with E-state index in [0.29, 0.717) is 0 Å². The minimum Gasteiger partial charge on any atom is -0.373 e. The molecule has 1 saturated heterocycles. The number of nitrogens with zero attached hydrogens (tertiary/aromatic N) is 2. The molecule has 0 radical (unpaired) electrons. The topological polar surface area (TPSA) is 63.4 Å². The Bertz CT molecular complexity index is 361. The summed E-state index contributed by atoms with van der Waals surface area (Å²) < 4.78 is 5.70. The number of nitrogens with one attached hydrogen (secondary N) is 1. The Morgan fingerprint density at radius 3 is 2.82 bits per heavy atom. The number of nitrogens with two attached hydrogens (primary N) is 1. The quantitative estimate of drug-likeness (QED) is 0.605. The minimum absolute atomic E-state index is 0.287. The summed E-state index contributed by atoms with van der Waals surface area (Å²) in [6.07, 6.45) is 2.35. The van der Waals surface area contributed by atoms with E-state index in [1.807, 2.05) is 12.1 Å². The van der Waals surface area contributed by atoms with Gasteiger partial charge in [0, 0.05) is 25.8 Å². The van der Waals surface area contributed by atoms with Crippen LogP contribution in [-0.2, 0) is 11.3 Å². The summed E-state index contributed by atoms with van der Waals surface area (Å²) in [4.78, 5) is 6.72. The predicted molar refractivity (Wildman–Crippen MR) is 67.3 cm³/mol. The zero-order valence-corrected chi connectivity index (χ0v) is 10.4. The molecule has 94 valence electrons. The van der Waals surface area contributed by atoms with Crippen LogP contribution in [0.2, 0.25) is 0 Å². The first kappa shape index (κ1) is 12.3. The Morgan fingerprint density at radius 1 is 1.47 bits per heavy atom. The highest BCUT2D eigenvalue weighted by Crippen LogP contribution is 2.14. The van der Waals surface area contributed by atoms with Gasteiger partial charge >= 0.3 is 0 Å². The Balaban J connectivity index is 1.99. The first-order valence-electron chi connectivity index (χ1n) is 5.96. The fourth-order valence-corrected chi connectivity index (χ4v) is 2.30. The standard InChI is InChI=1S/C12H20N4O/c1-9-6-16(7-10(2)17-9)8-12-5-11(15-13)3-4-14-12/h3-5,9-10H,6-8,13H2,1-2H3,(H,14,15)/t9-,10+. The lowest BCUT2D eigenvalue weighted by molar-refractivity contribution is -0.0707. The Hall–Kier alpha value is -1.17. The molecule has 0 bridgehead atoms. The molecule has 0 aromatic carbocycles. The highest BCUT2D eigenvalue weighted by atomic mass is 16.5. The van der Waals surface area contributed by atoms with Gasteiger partial charge in [0.25, 0.3) is 0 Å². The molecule has 0 unspecified atom stereocenters. The fraction of sp³-hybridized carbons (Fsp3) is 0.583. The summed E-state index contributed by atoms with van der Waals surface area (Å²) in [5.74, 6) is 5.38. The molecule has 0 spiro atoms. The van der Waals surface area contributed by atoms with E-state index in [1.54, 1.807) is 6.20 Å². The summed E-state index contributed by atoms with van der Waals surface area (Å²) in [5, 5.41) is 0. The molecule has 1 aliphatic rings. The molecule has 2 rings (SSSR count). The van der Waals surface area contributed by atoms with Gasteiger partial charge in [0.05, 0.1) is 23.6 Å². The van der Waals surface area contributed by atoms with E-state index in [4.69, 9.17) is 10.6 Å². The lowest BCUT2D eigenvalue weighted by atomic mass is 10.2. The summed E-state index contributed by atoms with van der Waals surface area (Å²) in [6, 6.07) is 3.83. The molecule has 1 aromatic heterocycles. The Morgan fingerprint density at radius 2 is 2.18 bits per heavy atom. The normalized spacial score (nSPS) is 25.8. The SMILES string of the molecule is C[C@@H]1CN(Cc2cc(NN)ccn2)C[C@H](C)O1. The van der Waals surface area contributed by atoms with Crippen LogP contribution in [0.5, 0.6) is 0 Å². The van der Waals surface area contributed by atoms with Crippen molar-refractivity contribution in [3.8, 4) is 0 Å². The molecule has 2 heterocycles. The number of ether oxygens (including phenoxy) is 1. The van der Waals surface area contributed by atoms with Crippen molar-refractivity contribution in [2.24, 2.45) is 5.84 Å². The molecule has 0 saturated carbocycles. The van der Waals surface area contributed by atoms with E-state index < -0.39 is 0 Å².